The normalized spacial score (nSPS) is 15.4. The van der Waals surface area contributed by atoms with E-state index in [9.17, 15) is 14.0 Å². The summed E-state index contributed by atoms with van der Waals surface area (Å²) in [6.07, 6.45) is 1.71. The first-order valence-electron chi connectivity index (χ1n) is 10.9. The SMILES string of the molecule is COc1cccc(C(=O)N2CCC[C@H]2c2ccc(C(=O)NCc3ccc(F)cc3)c(C)n2)c1. The van der Waals surface area contributed by atoms with Gasteiger partial charge in [-0.15, -0.1) is 0 Å². The maximum absolute atomic E-state index is 13.2. The van der Waals surface area contributed by atoms with Gasteiger partial charge in [-0.1, -0.05) is 18.2 Å². The Kier molecular flexibility index (Phi) is 6.68. The Hall–Kier alpha value is -3.74. The maximum Gasteiger partial charge on any atom is 0.254 e. The van der Waals surface area contributed by atoms with E-state index in [1.807, 2.05) is 17.0 Å². The van der Waals surface area contributed by atoms with Crippen molar-refractivity contribution in [3.63, 3.8) is 0 Å². The van der Waals surface area contributed by atoms with Crippen molar-refractivity contribution in [1.82, 2.24) is 15.2 Å². The molecule has 3 aromatic rings. The predicted molar refractivity (Wildman–Crippen MR) is 123 cm³/mol. The Morgan fingerprint density at radius 1 is 1.15 bits per heavy atom. The van der Waals surface area contributed by atoms with Gasteiger partial charge in [0.05, 0.1) is 30.1 Å². The second-order valence-electron chi connectivity index (χ2n) is 8.07. The number of hydrogen-bond acceptors (Lipinski definition) is 4. The molecule has 2 aromatic carbocycles. The van der Waals surface area contributed by atoms with Gasteiger partial charge in [-0.05, 0) is 67.8 Å². The monoisotopic (exact) mass is 447 g/mol. The predicted octanol–water partition coefficient (Wildman–Crippen LogP) is 4.45. The molecule has 1 fully saturated rings. The van der Waals surface area contributed by atoms with Crippen LogP contribution in [0.3, 0.4) is 0 Å². The number of methoxy groups -OCH3 is 1. The van der Waals surface area contributed by atoms with E-state index in [0.717, 1.165) is 24.1 Å². The minimum Gasteiger partial charge on any atom is -0.497 e. The van der Waals surface area contributed by atoms with Crippen molar-refractivity contribution < 1.29 is 18.7 Å². The van der Waals surface area contributed by atoms with Crippen LogP contribution in [-0.2, 0) is 6.54 Å². The zero-order valence-electron chi connectivity index (χ0n) is 18.7. The number of likely N-dealkylation sites (tertiary alicyclic amines) is 1. The molecule has 0 unspecified atom stereocenters. The largest absolute Gasteiger partial charge is 0.497 e. The number of amides is 2. The first kappa shape index (κ1) is 22.5. The first-order valence-corrected chi connectivity index (χ1v) is 10.9. The molecule has 0 aliphatic carbocycles. The highest BCUT2D eigenvalue weighted by atomic mass is 19.1. The highest BCUT2D eigenvalue weighted by Gasteiger charge is 2.32. The van der Waals surface area contributed by atoms with E-state index in [4.69, 9.17) is 4.74 Å². The molecule has 0 bridgehead atoms. The fraction of sp³-hybridized carbons (Fsp3) is 0.269. The summed E-state index contributed by atoms with van der Waals surface area (Å²) in [5.41, 5.74) is 3.24. The third-order valence-corrected chi connectivity index (χ3v) is 5.89. The quantitative estimate of drug-likeness (QED) is 0.606. The van der Waals surface area contributed by atoms with Gasteiger partial charge in [0.2, 0.25) is 0 Å². The van der Waals surface area contributed by atoms with Gasteiger partial charge in [0.25, 0.3) is 11.8 Å². The number of rotatable bonds is 6. The van der Waals surface area contributed by atoms with Crippen molar-refractivity contribution in [1.29, 1.82) is 0 Å². The lowest BCUT2D eigenvalue weighted by Crippen LogP contribution is -2.31. The summed E-state index contributed by atoms with van der Waals surface area (Å²) in [6.45, 7) is 2.74. The lowest BCUT2D eigenvalue weighted by atomic mass is 10.1. The van der Waals surface area contributed by atoms with Crippen molar-refractivity contribution in [3.05, 3.63) is 94.6 Å². The number of nitrogens with zero attached hydrogens (tertiary/aromatic N) is 2. The van der Waals surface area contributed by atoms with E-state index in [1.54, 1.807) is 50.4 Å². The number of carbonyl (C=O) groups excluding carboxylic acids is 2. The standard InChI is InChI=1S/C26H26FN3O3/c1-17-22(25(31)28-16-18-8-10-20(27)11-9-18)12-13-23(29-17)24-7-4-14-30(24)26(32)19-5-3-6-21(15-19)33-2/h3,5-6,8-13,15,24H,4,7,14,16H2,1-2H3,(H,28,31)/t24-/m0/s1. The van der Waals surface area contributed by atoms with Gasteiger partial charge in [-0.2, -0.15) is 0 Å². The summed E-state index contributed by atoms with van der Waals surface area (Å²) in [6, 6.07) is 16.6. The highest BCUT2D eigenvalue weighted by Crippen LogP contribution is 2.33. The zero-order valence-corrected chi connectivity index (χ0v) is 18.7. The van der Waals surface area contributed by atoms with Gasteiger partial charge >= 0.3 is 0 Å². The van der Waals surface area contributed by atoms with E-state index >= 15 is 0 Å². The van der Waals surface area contributed by atoms with E-state index in [2.05, 4.69) is 10.3 Å². The lowest BCUT2D eigenvalue weighted by Gasteiger charge is -2.25. The molecule has 0 radical (unpaired) electrons. The maximum atomic E-state index is 13.2. The van der Waals surface area contributed by atoms with Crippen LogP contribution in [0.1, 0.15) is 56.6 Å². The fourth-order valence-corrected chi connectivity index (χ4v) is 4.13. The summed E-state index contributed by atoms with van der Waals surface area (Å²) in [5, 5.41) is 2.85. The van der Waals surface area contributed by atoms with Crippen LogP contribution in [0.15, 0.2) is 60.7 Å². The lowest BCUT2D eigenvalue weighted by molar-refractivity contribution is 0.0732. The zero-order chi connectivity index (χ0) is 23.4. The Balaban J connectivity index is 1.47. The molecule has 170 valence electrons. The highest BCUT2D eigenvalue weighted by molar-refractivity contribution is 5.96. The molecule has 7 heteroatoms. The Bertz CT molecular complexity index is 1160. The molecule has 0 spiro atoms. The Morgan fingerprint density at radius 3 is 2.67 bits per heavy atom. The molecule has 2 amide bonds. The molecule has 33 heavy (non-hydrogen) atoms. The van der Waals surface area contributed by atoms with Crippen molar-refractivity contribution in [2.24, 2.45) is 0 Å². The molecule has 1 atom stereocenters. The van der Waals surface area contributed by atoms with Crippen LogP contribution in [0, 0.1) is 12.7 Å². The summed E-state index contributed by atoms with van der Waals surface area (Å²) in [7, 11) is 1.58. The van der Waals surface area contributed by atoms with Crippen molar-refractivity contribution in [3.8, 4) is 5.75 Å². The van der Waals surface area contributed by atoms with E-state index in [1.165, 1.54) is 12.1 Å². The molecule has 0 saturated carbocycles. The Labute approximate surface area is 192 Å². The number of hydrogen-bond donors (Lipinski definition) is 1. The molecule has 1 saturated heterocycles. The van der Waals surface area contributed by atoms with Crippen molar-refractivity contribution in [2.45, 2.75) is 32.4 Å². The van der Waals surface area contributed by atoms with Gasteiger partial charge in [-0.3, -0.25) is 14.6 Å². The molecular weight excluding hydrogens is 421 g/mol. The average molecular weight is 448 g/mol. The van der Waals surface area contributed by atoms with Gasteiger partial charge in [-0.25, -0.2) is 4.39 Å². The summed E-state index contributed by atoms with van der Waals surface area (Å²) in [4.78, 5) is 32.3. The average Bonchev–Trinajstić information content (AvgIpc) is 3.33. The van der Waals surface area contributed by atoms with Gasteiger partial charge < -0.3 is 15.0 Å². The minimum atomic E-state index is -0.313. The van der Waals surface area contributed by atoms with Crippen LogP contribution < -0.4 is 10.1 Å². The van der Waals surface area contributed by atoms with Gasteiger partial charge in [0.1, 0.15) is 11.6 Å². The Morgan fingerprint density at radius 2 is 1.94 bits per heavy atom. The minimum absolute atomic E-state index is 0.0584. The second kappa shape index (κ2) is 9.81. The molecule has 4 rings (SSSR count). The van der Waals surface area contributed by atoms with E-state index in [-0.39, 0.29) is 23.7 Å². The topological polar surface area (TPSA) is 71.5 Å². The van der Waals surface area contributed by atoms with Gasteiger partial charge in [0, 0.05) is 18.7 Å². The molecular formula is C26H26FN3O3. The molecule has 1 aromatic heterocycles. The third kappa shape index (κ3) is 5.03. The molecule has 6 nitrogen and oxygen atoms in total. The number of aromatic nitrogens is 1. The number of halogens is 1. The van der Waals surface area contributed by atoms with Crippen LogP contribution in [0.4, 0.5) is 4.39 Å². The summed E-state index contributed by atoms with van der Waals surface area (Å²) in [5.74, 6) is 0.0247. The van der Waals surface area contributed by atoms with Crippen LogP contribution in [-0.4, -0.2) is 35.4 Å². The first-order chi connectivity index (χ1) is 16.0. The van der Waals surface area contributed by atoms with Crippen molar-refractivity contribution in [2.75, 3.05) is 13.7 Å². The fourth-order valence-electron chi connectivity index (χ4n) is 4.13. The number of pyridine rings is 1. The number of ether oxygens (including phenoxy) is 1. The number of carbonyl (C=O) groups is 2. The smallest absolute Gasteiger partial charge is 0.254 e. The number of aryl methyl sites for hydroxylation is 1. The second-order valence-corrected chi connectivity index (χ2v) is 8.07. The van der Waals surface area contributed by atoms with E-state index in [0.29, 0.717) is 35.7 Å². The van der Waals surface area contributed by atoms with Crippen LogP contribution >= 0.6 is 0 Å². The molecule has 2 heterocycles. The van der Waals surface area contributed by atoms with Crippen LogP contribution in [0.25, 0.3) is 0 Å². The summed E-state index contributed by atoms with van der Waals surface area (Å²) < 4.78 is 18.3. The van der Waals surface area contributed by atoms with Crippen LogP contribution in [0.5, 0.6) is 5.75 Å². The molecule has 1 aliphatic rings. The summed E-state index contributed by atoms with van der Waals surface area (Å²) >= 11 is 0. The number of nitrogens with one attached hydrogen (secondary N) is 1. The number of benzene rings is 2. The third-order valence-electron chi connectivity index (χ3n) is 5.89. The van der Waals surface area contributed by atoms with E-state index < -0.39 is 0 Å². The van der Waals surface area contributed by atoms with Crippen LogP contribution in [0.2, 0.25) is 0 Å². The van der Waals surface area contributed by atoms with Gasteiger partial charge in [0.15, 0.2) is 0 Å². The molecule has 1 aliphatic heterocycles. The van der Waals surface area contributed by atoms with Crippen molar-refractivity contribution >= 4 is 11.8 Å². The molecule has 1 N–H and O–H groups in total.